The summed E-state index contributed by atoms with van der Waals surface area (Å²) in [6.07, 6.45) is 6.89. The van der Waals surface area contributed by atoms with E-state index in [4.69, 9.17) is 24.8 Å². The lowest BCUT2D eigenvalue weighted by Crippen LogP contribution is -2.42. The Morgan fingerprint density at radius 1 is 1.39 bits per heavy atom. The molecular weight excluding hydrogens is 428 g/mol. The van der Waals surface area contributed by atoms with Crippen LogP contribution in [0.3, 0.4) is 0 Å². The van der Waals surface area contributed by atoms with Crippen LogP contribution in [0.1, 0.15) is 38.1 Å². The Hall–Kier alpha value is -3.91. The lowest BCUT2D eigenvalue weighted by atomic mass is 9.95. The van der Waals surface area contributed by atoms with Gasteiger partial charge >= 0.3 is 11.9 Å². The second-order valence-electron chi connectivity index (χ2n) is 7.83. The highest BCUT2D eigenvalue weighted by atomic mass is 16.7. The predicted molar refractivity (Wildman–Crippen MR) is 118 cm³/mol. The number of carboxylic acids is 1. The number of pyridine rings is 1. The summed E-state index contributed by atoms with van der Waals surface area (Å²) < 4.78 is 12.7. The van der Waals surface area contributed by atoms with Crippen molar-refractivity contribution in [2.24, 2.45) is 5.92 Å². The van der Waals surface area contributed by atoms with E-state index < -0.39 is 18.0 Å². The number of carboxylic acid groups (broad SMARTS) is 1. The molecule has 0 spiro atoms. The van der Waals surface area contributed by atoms with Gasteiger partial charge in [-0.3, -0.25) is 0 Å². The van der Waals surface area contributed by atoms with Gasteiger partial charge in [0.2, 0.25) is 0 Å². The molecule has 33 heavy (non-hydrogen) atoms. The summed E-state index contributed by atoms with van der Waals surface area (Å²) in [4.78, 5) is 34.4. The fourth-order valence-electron chi connectivity index (χ4n) is 4.03. The normalized spacial score (nSPS) is 15.8. The van der Waals surface area contributed by atoms with Gasteiger partial charge in [0, 0.05) is 43.2 Å². The summed E-state index contributed by atoms with van der Waals surface area (Å²) in [6.45, 7) is 2.99. The van der Waals surface area contributed by atoms with Crippen molar-refractivity contribution < 1.29 is 24.2 Å². The van der Waals surface area contributed by atoms with Gasteiger partial charge in [-0.25, -0.2) is 24.2 Å². The van der Waals surface area contributed by atoms with E-state index in [1.165, 1.54) is 0 Å². The Balaban J connectivity index is 1.59. The number of carbonyl (C=O) groups is 2. The van der Waals surface area contributed by atoms with Crippen LogP contribution in [0.25, 0.3) is 22.1 Å². The fourth-order valence-corrected chi connectivity index (χ4v) is 4.03. The SMILES string of the molecule is C[C@@H](OCOC(=O)/C=C/C(=O)O)c1nc2cnc3[nH]ccc3c2n1N1CCC(CC#N)CC1. The Labute approximate surface area is 189 Å². The number of rotatable bonds is 8. The maximum absolute atomic E-state index is 11.6. The molecule has 1 aliphatic rings. The van der Waals surface area contributed by atoms with Crippen LogP contribution >= 0.6 is 0 Å². The number of aromatic amines is 1. The summed E-state index contributed by atoms with van der Waals surface area (Å²) in [5.41, 5.74) is 2.38. The first-order valence-corrected chi connectivity index (χ1v) is 10.6. The minimum absolute atomic E-state index is 0.352. The largest absolute Gasteiger partial charge is 0.478 e. The van der Waals surface area contributed by atoms with Crippen molar-refractivity contribution in [1.29, 1.82) is 5.26 Å². The van der Waals surface area contributed by atoms with Gasteiger partial charge in [-0.1, -0.05) is 0 Å². The predicted octanol–water partition coefficient (Wildman–Crippen LogP) is 2.39. The number of H-pyrrole nitrogens is 1. The molecule has 1 fully saturated rings. The van der Waals surface area contributed by atoms with Crippen molar-refractivity contribution in [3.8, 4) is 6.07 Å². The second-order valence-corrected chi connectivity index (χ2v) is 7.83. The third-order valence-corrected chi connectivity index (χ3v) is 5.70. The molecule has 0 unspecified atom stereocenters. The molecule has 0 aromatic carbocycles. The number of nitrogens with zero attached hydrogens (tertiary/aromatic N) is 5. The molecule has 3 aromatic heterocycles. The smallest absolute Gasteiger partial charge is 0.333 e. The highest BCUT2D eigenvalue weighted by molar-refractivity contribution is 6.01. The van der Waals surface area contributed by atoms with Crippen molar-refractivity contribution in [3.05, 3.63) is 36.4 Å². The molecule has 2 N–H and O–H groups in total. The molecule has 1 aliphatic heterocycles. The molecule has 4 rings (SSSR count). The number of nitriles is 1. The molecule has 1 atom stereocenters. The molecule has 11 nitrogen and oxygen atoms in total. The Kier molecular flexibility index (Phi) is 6.55. The van der Waals surface area contributed by atoms with Gasteiger partial charge in [0.1, 0.15) is 22.8 Å². The highest BCUT2D eigenvalue weighted by Crippen LogP contribution is 2.30. The Bertz CT molecular complexity index is 1230. The zero-order chi connectivity index (χ0) is 23.4. The van der Waals surface area contributed by atoms with E-state index in [0.29, 0.717) is 29.8 Å². The van der Waals surface area contributed by atoms with E-state index in [9.17, 15) is 9.59 Å². The number of hydrogen-bond donors (Lipinski definition) is 2. The number of hydrogen-bond acceptors (Lipinski definition) is 8. The minimum Gasteiger partial charge on any atom is -0.478 e. The van der Waals surface area contributed by atoms with Crippen molar-refractivity contribution in [2.75, 3.05) is 24.9 Å². The minimum atomic E-state index is -1.24. The van der Waals surface area contributed by atoms with Crippen LogP contribution in [0.2, 0.25) is 0 Å². The highest BCUT2D eigenvalue weighted by Gasteiger charge is 2.27. The van der Waals surface area contributed by atoms with Crippen molar-refractivity contribution >= 4 is 34.0 Å². The third-order valence-electron chi connectivity index (χ3n) is 5.70. The number of nitrogens with one attached hydrogen (secondary N) is 1. The van der Waals surface area contributed by atoms with E-state index in [1.807, 2.05) is 23.9 Å². The van der Waals surface area contributed by atoms with Gasteiger partial charge in [-0.05, 0) is 31.7 Å². The molecule has 0 radical (unpaired) electrons. The summed E-state index contributed by atoms with van der Waals surface area (Å²) >= 11 is 0. The number of imidazole rings is 1. The molecule has 0 saturated carbocycles. The topological polar surface area (TPSA) is 146 Å². The molecule has 172 valence electrons. The third kappa shape index (κ3) is 4.80. The number of aliphatic carboxylic acids is 1. The van der Waals surface area contributed by atoms with Crippen LogP contribution in [-0.2, 0) is 19.1 Å². The van der Waals surface area contributed by atoms with Crippen molar-refractivity contribution in [1.82, 2.24) is 19.6 Å². The molecule has 0 bridgehead atoms. The van der Waals surface area contributed by atoms with E-state index in [2.05, 4.69) is 21.0 Å². The maximum atomic E-state index is 11.6. The van der Waals surface area contributed by atoms with E-state index in [0.717, 1.165) is 48.6 Å². The average molecular weight is 452 g/mol. The summed E-state index contributed by atoms with van der Waals surface area (Å²) in [5.74, 6) is -1.03. The fraction of sp³-hybridized carbons (Fsp3) is 0.409. The molecular formula is C22H24N6O5. The van der Waals surface area contributed by atoms with E-state index >= 15 is 0 Å². The monoisotopic (exact) mass is 452 g/mol. The lowest BCUT2D eigenvalue weighted by molar-refractivity contribution is -0.155. The number of ether oxygens (including phenoxy) is 2. The van der Waals surface area contributed by atoms with Crippen LogP contribution in [0.4, 0.5) is 0 Å². The summed E-state index contributed by atoms with van der Waals surface area (Å²) in [6, 6.07) is 4.22. The maximum Gasteiger partial charge on any atom is 0.333 e. The first kappa shape index (κ1) is 22.3. The van der Waals surface area contributed by atoms with Gasteiger partial charge in [0.05, 0.1) is 12.3 Å². The van der Waals surface area contributed by atoms with Gasteiger partial charge in [-0.15, -0.1) is 0 Å². The molecule has 11 heteroatoms. The average Bonchev–Trinajstić information content (AvgIpc) is 3.42. The number of esters is 1. The molecule has 3 aromatic rings. The van der Waals surface area contributed by atoms with Crippen molar-refractivity contribution in [2.45, 2.75) is 32.3 Å². The first-order chi connectivity index (χ1) is 16.0. The zero-order valence-electron chi connectivity index (χ0n) is 18.1. The Morgan fingerprint density at radius 2 is 2.18 bits per heavy atom. The van der Waals surface area contributed by atoms with Crippen LogP contribution in [0, 0.1) is 17.2 Å². The van der Waals surface area contributed by atoms with Gasteiger partial charge in [0.25, 0.3) is 0 Å². The number of fused-ring (bicyclic) bond motifs is 3. The van der Waals surface area contributed by atoms with E-state index in [-0.39, 0.29) is 6.79 Å². The van der Waals surface area contributed by atoms with Crippen LogP contribution in [0.15, 0.2) is 30.6 Å². The van der Waals surface area contributed by atoms with E-state index in [1.54, 1.807) is 6.20 Å². The number of carbonyl (C=O) groups excluding carboxylic acids is 1. The number of piperidine rings is 1. The van der Waals surface area contributed by atoms with Crippen LogP contribution in [0.5, 0.6) is 0 Å². The van der Waals surface area contributed by atoms with Gasteiger partial charge in [-0.2, -0.15) is 5.26 Å². The summed E-state index contributed by atoms with van der Waals surface area (Å²) in [7, 11) is 0. The molecule has 0 aliphatic carbocycles. The molecule has 1 saturated heterocycles. The Morgan fingerprint density at radius 3 is 2.91 bits per heavy atom. The number of aromatic nitrogens is 4. The molecule has 0 amide bonds. The van der Waals surface area contributed by atoms with Crippen molar-refractivity contribution in [3.63, 3.8) is 0 Å². The lowest BCUT2D eigenvalue weighted by Gasteiger charge is -2.35. The zero-order valence-corrected chi connectivity index (χ0v) is 18.1. The molecule has 4 heterocycles. The second kappa shape index (κ2) is 9.70. The van der Waals surface area contributed by atoms with Crippen LogP contribution in [-0.4, -0.2) is 56.6 Å². The van der Waals surface area contributed by atoms with Gasteiger partial charge < -0.3 is 24.6 Å². The summed E-state index contributed by atoms with van der Waals surface area (Å²) in [5, 5.41) is 20.8. The van der Waals surface area contributed by atoms with Crippen LogP contribution < -0.4 is 5.01 Å². The quantitative estimate of drug-likeness (QED) is 0.299. The first-order valence-electron chi connectivity index (χ1n) is 10.6. The standard InChI is InChI=1S/C22H24N6O5/c1-14(32-13-33-19(31)3-2-18(29)30)22-26-17-12-25-21-16(5-9-24-21)20(17)28(22)27-10-6-15(4-8-23)7-11-27/h2-3,5,9,12,14-15H,4,6-7,10-11,13H2,1H3,(H,24,25)(H,29,30)/b3-2+/t14-/m1/s1. The van der Waals surface area contributed by atoms with Gasteiger partial charge in [0.15, 0.2) is 12.6 Å².